The van der Waals surface area contributed by atoms with E-state index < -0.39 is 0 Å². The Hall–Kier alpha value is -1.60. The predicted octanol–water partition coefficient (Wildman–Crippen LogP) is 5.72. The molecule has 0 bridgehead atoms. The van der Waals surface area contributed by atoms with Crippen LogP contribution in [-0.2, 0) is 13.0 Å². The van der Waals surface area contributed by atoms with Crippen LogP contribution in [0.25, 0.3) is 11.1 Å². The van der Waals surface area contributed by atoms with Gasteiger partial charge in [-0.1, -0.05) is 87.6 Å². The molecule has 0 aliphatic heterocycles. The predicted molar refractivity (Wildman–Crippen MR) is 96.8 cm³/mol. The Balaban J connectivity index is 1.82. The maximum Gasteiger partial charge on any atom is 0.0178 e. The number of unbranched alkanes of at least 4 members (excludes halogenated alkanes) is 5. The zero-order valence-corrected chi connectivity index (χ0v) is 13.9. The van der Waals surface area contributed by atoms with E-state index in [1.165, 1.54) is 67.2 Å². The maximum atomic E-state index is 5.64. The highest BCUT2D eigenvalue weighted by atomic mass is 14.5. The Morgan fingerprint density at radius 2 is 1.14 bits per heavy atom. The van der Waals surface area contributed by atoms with Crippen molar-refractivity contribution in [2.24, 2.45) is 5.73 Å². The molecule has 118 valence electrons. The van der Waals surface area contributed by atoms with Crippen LogP contribution in [-0.4, -0.2) is 0 Å². The number of hydrogen-bond acceptors (Lipinski definition) is 1. The molecule has 2 rings (SSSR count). The van der Waals surface area contributed by atoms with Gasteiger partial charge in [0.1, 0.15) is 0 Å². The van der Waals surface area contributed by atoms with Crippen molar-refractivity contribution in [3.63, 3.8) is 0 Å². The van der Waals surface area contributed by atoms with Crippen molar-refractivity contribution in [1.29, 1.82) is 0 Å². The molecule has 0 aromatic heterocycles. The van der Waals surface area contributed by atoms with Gasteiger partial charge in [0.05, 0.1) is 0 Å². The fourth-order valence-corrected chi connectivity index (χ4v) is 2.81. The third-order valence-corrected chi connectivity index (χ3v) is 4.30. The molecule has 0 heterocycles. The summed E-state index contributed by atoms with van der Waals surface area (Å²) in [6.07, 6.45) is 9.38. The van der Waals surface area contributed by atoms with E-state index in [-0.39, 0.29) is 0 Å². The fraction of sp³-hybridized carbons (Fsp3) is 0.429. The van der Waals surface area contributed by atoms with Crippen LogP contribution >= 0.6 is 0 Å². The lowest BCUT2D eigenvalue weighted by Crippen LogP contribution is -1.95. The third kappa shape index (κ3) is 5.31. The van der Waals surface area contributed by atoms with Crippen LogP contribution in [0.15, 0.2) is 48.5 Å². The molecule has 0 saturated carbocycles. The standard InChI is InChI=1S/C21H29N/c1-2-3-4-5-6-7-8-18-9-13-20(14-10-18)21-15-11-19(17-22)12-16-21/h9-16H,2-8,17,22H2,1H3. The molecule has 0 spiro atoms. The summed E-state index contributed by atoms with van der Waals surface area (Å²) in [5.74, 6) is 0. The van der Waals surface area contributed by atoms with Crippen molar-refractivity contribution in [3.05, 3.63) is 59.7 Å². The Bertz CT molecular complexity index is 525. The first-order chi connectivity index (χ1) is 10.8. The van der Waals surface area contributed by atoms with Gasteiger partial charge in [0.2, 0.25) is 0 Å². The van der Waals surface area contributed by atoms with Crippen LogP contribution < -0.4 is 5.73 Å². The summed E-state index contributed by atoms with van der Waals surface area (Å²) < 4.78 is 0. The van der Waals surface area contributed by atoms with Gasteiger partial charge in [-0.05, 0) is 35.1 Å². The van der Waals surface area contributed by atoms with Crippen LogP contribution in [0.4, 0.5) is 0 Å². The van der Waals surface area contributed by atoms with Gasteiger partial charge in [-0.25, -0.2) is 0 Å². The first-order valence-corrected chi connectivity index (χ1v) is 8.72. The first kappa shape index (κ1) is 16.8. The smallest absolute Gasteiger partial charge is 0.0178 e. The SMILES string of the molecule is CCCCCCCCc1ccc(-c2ccc(CN)cc2)cc1. The highest BCUT2D eigenvalue weighted by Gasteiger charge is 1.99. The molecule has 1 heteroatoms. The molecule has 0 saturated heterocycles. The molecule has 22 heavy (non-hydrogen) atoms. The molecule has 0 unspecified atom stereocenters. The van der Waals surface area contributed by atoms with E-state index in [0.29, 0.717) is 6.54 Å². The van der Waals surface area contributed by atoms with Gasteiger partial charge in [0, 0.05) is 6.54 Å². The zero-order chi connectivity index (χ0) is 15.6. The average molecular weight is 295 g/mol. The molecule has 2 N–H and O–H groups in total. The van der Waals surface area contributed by atoms with Crippen LogP contribution in [0, 0.1) is 0 Å². The van der Waals surface area contributed by atoms with Crippen molar-refractivity contribution >= 4 is 0 Å². The fourth-order valence-electron chi connectivity index (χ4n) is 2.81. The lowest BCUT2D eigenvalue weighted by Gasteiger charge is -2.06. The van der Waals surface area contributed by atoms with E-state index in [1.54, 1.807) is 0 Å². The quantitative estimate of drug-likeness (QED) is 0.589. The van der Waals surface area contributed by atoms with Gasteiger partial charge >= 0.3 is 0 Å². The largest absolute Gasteiger partial charge is 0.326 e. The van der Waals surface area contributed by atoms with Gasteiger partial charge in [-0.2, -0.15) is 0 Å². The van der Waals surface area contributed by atoms with E-state index in [1.807, 2.05) is 0 Å². The maximum absolute atomic E-state index is 5.64. The van der Waals surface area contributed by atoms with Gasteiger partial charge in [0.15, 0.2) is 0 Å². The second kappa shape index (κ2) is 9.42. The van der Waals surface area contributed by atoms with Crippen molar-refractivity contribution in [3.8, 4) is 11.1 Å². The van der Waals surface area contributed by atoms with Crippen LogP contribution in [0.2, 0.25) is 0 Å². The molecule has 0 aliphatic rings. The van der Waals surface area contributed by atoms with Crippen molar-refractivity contribution in [2.45, 2.75) is 58.4 Å². The Morgan fingerprint density at radius 3 is 1.68 bits per heavy atom. The number of hydrogen-bond donors (Lipinski definition) is 1. The van der Waals surface area contributed by atoms with Crippen molar-refractivity contribution in [2.75, 3.05) is 0 Å². The van der Waals surface area contributed by atoms with E-state index >= 15 is 0 Å². The van der Waals surface area contributed by atoms with Crippen LogP contribution in [0.5, 0.6) is 0 Å². The summed E-state index contributed by atoms with van der Waals surface area (Å²) in [7, 11) is 0. The van der Waals surface area contributed by atoms with Crippen LogP contribution in [0.3, 0.4) is 0 Å². The van der Waals surface area contributed by atoms with Crippen LogP contribution in [0.1, 0.15) is 56.6 Å². The van der Waals surface area contributed by atoms with E-state index in [2.05, 4.69) is 55.5 Å². The van der Waals surface area contributed by atoms with Gasteiger partial charge in [-0.3, -0.25) is 0 Å². The summed E-state index contributed by atoms with van der Waals surface area (Å²) in [6.45, 7) is 2.88. The van der Waals surface area contributed by atoms with E-state index in [0.717, 1.165) is 0 Å². The number of rotatable bonds is 9. The summed E-state index contributed by atoms with van der Waals surface area (Å²) in [4.78, 5) is 0. The van der Waals surface area contributed by atoms with Gasteiger partial charge < -0.3 is 5.73 Å². The summed E-state index contributed by atoms with van der Waals surface area (Å²) >= 11 is 0. The molecular formula is C21H29N. The Morgan fingerprint density at radius 1 is 0.636 bits per heavy atom. The normalized spacial score (nSPS) is 10.8. The van der Waals surface area contributed by atoms with Gasteiger partial charge in [-0.15, -0.1) is 0 Å². The highest BCUT2D eigenvalue weighted by Crippen LogP contribution is 2.21. The van der Waals surface area contributed by atoms with Gasteiger partial charge in [0.25, 0.3) is 0 Å². The zero-order valence-electron chi connectivity index (χ0n) is 13.9. The lowest BCUT2D eigenvalue weighted by molar-refractivity contribution is 0.607. The average Bonchev–Trinajstić information content (AvgIpc) is 2.59. The Kier molecular flexibility index (Phi) is 7.18. The second-order valence-corrected chi connectivity index (χ2v) is 6.12. The number of benzene rings is 2. The minimum atomic E-state index is 0.609. The number of nitrogens with two attached hydrogens (primary N) is 1. The second-order valence-electron chi connectivity index (χ2n) is 6.12. The lowest BCUT2D eigenvalue weighted by atomic mass is 10.00. The first-order valence-electron chi connectivity index (χ1n) is 8.72. The molecule has 2 aromatic carbocycles. The summed E-state index contributed by atoms with van der Waals surface area (Å²) in [6, 6.07) is 17.6. The van der Waals surface area contributed by atoms with E-state index in [9.17, 15) is 0 Å². The molecule has 0 fully saturated rings. The number of aryl methyl sites for hydroxylation is 1. The molecule has 0 amide bonds. The molecular weight excluding hydrogens is 266 g/mol. The summed E-state index contributed by atoms with van der Waals surface area (Å²) in [5, 5.41) is 0. The summed E-state index contributed by atoms with van der Waals surface area (Å²) in [5.41, 5.74) is 10.8. The minimum absolute atomic E-state index is 0.609. The Labute approximate surface area is 135 Å². The molecule has 1 nitrogen and oxygen atoms in total. The topological polar surface area (TPSA) is 26.0 Å². The third-order valence-electron chi connectivity index (χ3n) is 4.30. The molecule has 0 aliphatic carbocycles. The molecule has 2 aromatic rings. The highest BCUT2D eigenvalue weighted by molar-refractivity contribution is 5.63. The minimum Gasteiger partial charge on any atom is -0.326 e. The van der Waals surface area contributed by atoms with Crippen molar-refractivity contribution in [1.82, 2.24) is 0 Å². The van der Waals surface area contributed by atoms with E-state index in [4.69, 9.17) is 5.73 Å². The molecule has 0 atom stereocenters. The monoisotopic (exact) mass is 295 g/mol. The molecule has 0 radical (unpaired) electrons. The van der Waals surface area contributed by atoms with Crippen molar-refractivity contribution < 1.29 is 0 Å².